The van der Waals surface area contributed by atoms with Gasteiger partial charge in [0, 0.05) is 17.8 Å². The lowest BCUT2D eigenvalue weighted by Crippen LogP contribution is -1.93. The molecule has 0 unspecified atom stereocenters. The van der Waals surface area contributed by atoms with Crippen molar-refractivity contribution in [1.29, 1.82) is 0 Å². The Kier molecular flexibility index (Phi) is 1.51. The maximum absolute atomic E-state index is 10.2. The summed E-state index contributed by atoms with van der Waals surface area (Å²) in [7, 11) is 0. The predicted octanol–water partition coefficient (Wildman–Crippen LogP) is 0.483. The van der Waals surface area contributed by atoms with Gasteiger partial charge in [-0.05, 0) is 12.1 Å². The lowest BCUT2D eigenvalue weighted by molar-refractivity contribution is 0.560. The van der Waals surface area contributed by atoms with Crippen molar-refractivity contribution in [2.75, 3.05) is 0 Å². The second-order valence-corrected chi connectivity index (χ2v) is 2.21. The molecule has 0 spiro atoms. The van der Waals surface area contributed by atoms with E-state index >= 15 is 0 Å². The Morgan fingerprint density at radius 2 is 2.25 bits per heavy atom. The molecule has 1 radical (unpaired) electrons. The standard InChI is InChI=1S/C8H4N3O/c12-5-7-10-4-6-2-1-3-9-8(6)11-7/h1-4H. The number of carbonyl (C=O) groups excluding carboxylic acids is 1. The van der Waals surface area contributed by atoms with E-state index in [0.29, 0.717) is 5.65 Å². The normalized spacial score (nSPS) is 10.0. The monoisotopic (exact) mass is 158 g/mol. The Morgan fingerprint density at radius 3 is 3.08 bits per heavy atom. The van der Waals surface area contributed by atoms with Crippen molar-refractivity contribution < 1.29 is 4.79 Å². The molecule has 0 fully saturated rings. The van der Waals surface area contributed by atoms with Crippen LogP contribution in [0.2, 0.25) is 0 Å². The van der Waals surface area contributed by atoms with Gasteiger partial charge in [0.25, 0.3) is 6.29 Å². The van der Waals surface area contributed by atoms with E-state index in [-0.39, 0.29) is 5.82 Å². The Labute approximate surface area is 68.3 Å². The number of rotatable bonds is 1. The molecule has 57 valence electrons. The molecule has 0 saturated heterocycles. The zero-order valence-electron chi connectivity index (χ0n) is 6.06. The molecule has 2 aromatic rings. The minimum Gasteiger partial charge on any atom is -0.281 e. The average Bonchev–Trinajstić information content (AvgIpc) is 2.17. The molecule has 0 N–H and O–H groups in total. The fourth-order valence-corrected chi connectivity index (χ4v) is 0.913. The first kappa shape index (κ1) is 6.84. The minimum absolute atomic E-state index is 0.0428. The molecule has 4 heteroatoms. The number of hydrogen-bond donors (Lipinski definition) is 0. The summed E-state index contributed by atoms with van der Waals surface area (Å²) < 4.78 is 0. The molecule has 2 rings (SSSR count). The molecule has 0 atom stereocenters. The van der Waals surface area contributed by atoms with E-state index in [1.165, 1.54) is 0 Å². The molecule has 2 heterocycles. The predicted molar refractivity (Wildman–Crippen MR) is 42.1 cm³/mol. The topological polar surface area (TPSA) is 55.7 Å². The smallest absolute Gasteiger partial charge is 0.274 e. The third kappa shape index (κ3) is 1.03. The van der Waals surface area contributed by atoms with Crippen LogP contribution in [0.25, 0.3) is 11.0 Å². The SMILES string of the molecule is O=[C]c1ncc2cccnc2n1. The molecule has 0 saturated carbocycles. The summed E-state index contributed by atoms with van der Waals surface area (Å²) in [6.45, 7) is 0. The number of hydrogen-bond acceptors (Lipinski definition) is 4. The van der Waals surface area contributed by atoms with Gasteiger partial charge in [0.1, 0.15) is 0 Å². The van der Waals surface area contributed by atoms with E-state index in [1.807, 2.05) is 6.07 Å². The Balaban J connectivity index is 2.75. The first-order chi connectivity index (χ1) is 5.90. The maximum atomic E-state index is 10.2. The van der Waals surface area contributed by atoms with E-state index in [2.05, 4.69) is 15.0 Å². The zero-order chi connectivity index (χ0) is 8.39. The van der Waals surface area contributed by atoms with Gasteiger partial charge >= 0.3 is 0 Å². The van der Waals surface area contributed by atoms with Gasteiger partial charge in [-0.1, -0.05) is 0 Å². The Morgan fingerprint density at radius 1 is 1.33 bits per heavy atom. The minimum atomic E-state index is 0.0428. The molecular weight excluding hydrogens is 154 g/mol. The molecule has 12 heavy (non-hydrogen) atoms. The molecule has 2 aromatic heterocycles. The van der Waals surface area contributed by atoms with Crippen LogP contribution < -0.4 is 0 Å². The number of nitrogens with zero attached hydrogens (tertiary/aromatic N) is 3. The summed E-state index contributed by atoms with van der Waals surface area (Å²) in [6, 6.07) is 3.62. The van der Waals surface area contributed by atoms with Crippen LogP contribution in [-0.2, 0) is 4.79 Å². The van der Waals surface area contributed by atoms with Crippen molar-refractivity contribution in [2.24, 2.45) is 0 Å². The van der Waals surface area contributed by atoms with Crippen LogP contribution >= 0.6 is 0 Å². The molecule has 0 amide bonds. The zero-order valence-corrected chi connectivity index (χ0v) is 6.06. The highest BCUT2D eigenvalue weighted by Gasteiger charge is 1.97. The first-order valence-corrected chi connectivity index (χ1v) is 3.36. The van der Waals surface area contributed by atoms with Crippen LogP contribution in [0, 0.1) is 0 Å². The molecule has 0 aliphatic carbocycles. The third-order valence-corrected chi connectivity index (χ3v) is 1.45. The Hall–Kier alpha value is -1.84. The Bertz CT molecular complexity index is 427. The van der Waals surface area contributed by atoms with Gasteiger partial charge in [-0.15, -0.1) is 0 Å². The van der Waals surface area contributed by atoms with Crippen molar-refractivity contribution in [3.8, 4) is 0 Å². The van der Waals surface area contributed by atoms with Crippen LogP contribution in [0.4, 0.5) is 0 Å². The summed E-state index contributed by atoms with van der Waals surface area (Å²) in [6.07, 6.45) is 4.77. The van der Waals surface area contributed by atoms with Crippen molar-refractivity contribution in [3.63, 3.8) is 0 Å². The quantitative estimate of drug-likeness (QED) is 0.605. The van der Waals surface area contributed by atoms with Gasteiger partial charge in [-0.2, -0.15) is 0 Å². The van der Waals surface area contributed by atoms with E-state index in [0.717, 1.165) is 5.39 Å². The number of aromatic nitrogens is 3. The van der Waals surface area contributed by atoms with E-state index < -0.39 is 0 Å². The maximum Gasteiger partial charge on any atom is 0.274 e. The molecular formula is C8H4N3O. The number of pyridine rings is 1. The summed E-state index contributed by atoms with van der Waals surface area (Å²) in [5.74, 6) is 0.0428. The van der Waals surface area contributed by atoms with Gasteiger partial charge in [0.2, 0.25) is 5.82 Å². The van der Waals surface area contributed by atoms with Crippen LogP contribution in [-0.4, -0.2) is 21.2 Å². The summed E-state index contributed by atoms with van der Waals surface area (Å²) in [5, 5.41) is 0.816. The molecule has 0 aromatic carbocycles. The summed E-state index contributed by atoms with van der Waals surface area (Å²) >= 11 is 0. The number of fused-ring (bicyclic) bond motifs is 1. The fraction of sp³-hybridized carbons (Fsp3) is 0. The highest BCUT2D eigenvalue weighted by atomic mass is 16.1. The van der Waals surface area contributed by atoms with Crippen molar-refractivity contribution in [1.82, 2.24) is 15.0 Å². The van der Waals surface area contributed by atoms with Crippen molar-refractivity contribution in [3.05, 3.63) is 30.4 Å². The molecule has 4 nitrogen and oxygen atoms in total. The van der Waals surface area contributed by atoms with Gasteiger partial charge in [-0.25, -0.2) is 15.0 Å². The molecule has 0 bridgehead atoms. The lowest BCUT2D eigenvalue weighted by atomic mass is 10.3. The second kappa shape index (κ2) is 2.65. The summed E-state index contributed by atoms with van der Waals surface area (Å²) in [4.78, 5) is 21.7. The first-order valence-electron chi connectivity index (χ1n) is 3.36. The van der Waals surface area contributed by atoms with Crippen LogP contribution in [0.15, 0.2) is 24.5 Å². The fourth-order valence-electron chi connectivity index (χ4n) is 0.913. The average molecular weight is 158 g/mol. The largest absolute Gasteiger partial charge is 0.281 e. The van der Waals surface area contributed by atoms with E-state index in [4.69, 9.17) is 0 Å². The highest BCUT2D eigenvalue weighted by Crippen LogP contribution is 2.04. The lowest BCUT2D eigenvalue weighted by Gasteiger charge is -1.93. The van der Waals surface area contributed by atoms with Crippen LogP contribution in [0.3, 0.4) is 0 Å². The highest BCUT2D eigenvalue weighted by molar-refractivity contribution is 5.77. The van der Waals surface area contributed by atoms with Gasteiger partial charge in [-0.3, -0.25) is 4.79 Å². The van der Waals surface area contributed by atoms with E-state index in [9.17, 15) is 4.79 Å². The molecule has 0 aliphatic rings. The van der Waals surface area contributed by atoms with Crippen LogP contribution in [0.5, 0.6) is 0 Å². The van der Waals surface area contributed by atoms with Gasteiger partial charge < -0.3 is 0 Å². The molecule has 0 aliphatic heterocycles. The second-order valence-electron chi connectivity index (χ2n) is 2.21. The van der Waals surface area contributed by atoms with Crippen molar-refractivity contribution in [2.45, 2.75) is 0 Å². The van der Waals surface area contributed by atoms with Crippen LogP contribution in [0.1, 0.15) is 5.82 Å². The van der Waals surface area contributed by atoms with Gasteiger partial charge in [0.05, 0.1) is 0 Å². The van der Waals surface area contributed by atoms with E-state index in [1.54, 1.807) is 24.7 Å². The van der Waals surface area contributed by atoms with Crippen molar-refractivity contribution >= 4 is 17.3 Å². The summed E-state index contributed by atoms with van der Waals surface area (Å²) in [5.41, 5.74) is 0.519. The van der Waals surface area contributed by atoms with Gasteiger partial charge in [0.15, 0.2) is 5.65 Å². The third-order valence-electron chi connectivity index (χ3n) is 1.45.